The van der Waals surface area contributed by atoms with Gasteiger partial charge in [0.25, 0.3) is 0 Å². The van der Waals surface area contributed by atoms with Gasteiger partial charge in [0.05, 0.1) is 12.2 Å². The van der Waals surface area contributed by atoms with Crippen LogP contribution in [0.25, 0.3) is 0 Å². The van der Waals surface area contributed by atoms with Gasteiger partial charge in [-0.05, 0) is 31.3 Å². The Labute approximate surface area is 95.9 Å². The van der Waals surface area contributed by atoms with E-state index in [-0.39, 0.29) is 12.2 Å². The molecular weight excluding hydrogens is 216 g/mol. The Balaban J connectivity index is 3.23. The third kappa shape index (κ3) is 10.7. The lowest BCUT2D eigenvalue weighted by molar-refractivity contribution is 0.220. The van der Waals surface area contributed by atoms with E-state index in [1.807, 2.05) is 13.8 Å². The molecule has 2 atom stereocenters. The van der Waals surface area contributed by atoms with E-state index in [0.29, 0.717) is 5.92 Å². The molecule has 0 aromatic heterocycles. The van der Waals surface area contributed by atoms with E-state index in [9.17, 15) is 0 Å². The Morgan fingerprint density at radius 1 is 0.786 bits per heavy atom. The normalized spacial score (nSPS) is 17.8. The lowest BCUT2D eigenvalue weighted by Gasteiger charge is -2.12. The molecule has 0 aliphatic rings. The lowest BCUT2D eigenvalue weighted by atomic mass is 10.3. The molecular formula is C10H22O2S2. The molecule has 0 amide bonds. The van der Waals surface area contributed by atoms with Gasteiger partial charge < -0.3 is 10.2 Å². The fourth-order valence-corrected chi connectivity index (χ4v) is 3.07. The maximum Gasteiger partial charge on any atom is 0.0602 e. The third-order valence-electron chi connectivity index (χ3n) is 1.52. The van der Waals surface area contributed by atoms with Gasteiger partial charge >= 0.3 is 0 Å². The Hall–Kier alpha value is 0.620. The molecule has 4 heteroatoms. The van der Waals surface area contributed by atoms with Gasteiger partial charge in [-0.25, -0.2) is 0 Å². The summed E-state index contributed by atoms with van der Waals surface area (Å²) < 4.78 is 0. The zero-order valence-electron chi connectivity index (χ0n) is 9.27. The molecule has 0 aromatic carbocycles. The Morgan fingerprint density at radius 2 is 1.14 bits per heavy atom. The summed E-state index contributed by atoms with van der Waals surface area (Å²) in [6.45, 7) is 5.85. The number of hydrogen-bond acceptors (Lipinski definition) is 4. The number of thioether (sulfide) groups is 2. The van der Waals surface area contributed by atoms with Gasteiger partial charge in [-0.15, -0.1) is 0 Å². The molecule has 86 valence electrons. The van der Waals surface area contributed by atoms with E-state index >= 15 is 0 Å². The van der Waals surface area contributed by atoms with Crippen LogP contribution in [0.1, 0.15) is 20.8 Å². The minimum atomic E-state index is -0.197. The standard InChI is InChI=1S/C10H22O2S2/c1-8(4-13-6-9(2)11)5-14-7-10(3)12/h8-12H,4-7H2,1-3H3. The molecule has 0 radical (unpaired) electrons. The Bertz CT molecular complexity index is 115. The molecule has 14 heavy (non-hydrogen) atoms. The van der Waals surface area contributed by atoms with Crippen molar-refractivity contribution >= 4 is 23.5 Å². The molecule has 0 saturated carbocycles. The smallest absolute Gasteiger partial charge is 0.0602 e. The van der Waals surface area contributed by atoms with E-state index in [2.05, 4.69) is 6.92 Å². The highest BCUT2D eigenvalue weighted by molar-refractivity contribution is 8.00. The van der Waals surface area contributed by atoms with Crippen molar-refractivity contribution < 1.29 is 10.2 Å². The highest BCUT2D eigenvalue weighted by Gasteiger charge is 2.05. The second-order valence-electron chi connectivity index (χ2n) is 3.88. The zero-order chi connectivity index (χ0) is 11.0. The van der Waals surface area contributed by atoms with Crippen molar-refractivity contribution in [2.75, 3.05) is 23.0 Å². The van der Waals surface area contributed by atoms with Crippen molar-refractivity contribution in [1.82, 2.24) is 0 Å². The molecule has 0 aliphatic carbocycles. The fourth-order valence-electron chi connectivity index (χ4n) is 0.928. The Kier molecular flexibility index (Phi) is 9.28. The monoisotopic (exact) mass is 238 g/mol. The topological polar surface area (TPSA) is 40.5 Å². The van der Waals surface area contributed by atoms with E-state index in [4.69, 9.17) is 10.2 Å². The second kappa shape index (κ2) is 8.89. The summed E-state index contributed by atoms with van der Waals surface area (Å²) in [5, 5.41) is 18.1. The fraction of sp³-hybridized carbons (Fsp3) is 1.00. The minimum Gasteiger partial charge on any atom is -0.393 e. The molecule has 0 heterocycles. The van der Waals surface area contributed by atoms with E-state index in [0.717, 1.165) is 23.0 Å². The van der Waals surface area contributed by atoms with Crippen LogP contribution in [-0.4, -0.2) is 45.4 Å². The van der Waals surface area contributed by atoms with Gasteiger partial charge in [-0.2, -0.15) is 23.5 Å². The molecule has 0 saturated heterocycles. The molecule has 0 aliphatic heterocycles. The van der Waals surface area contributed by atoms with Crippen LogP contribution in [0.5, 0.6) is 0 Å². The number of aliphatic hydroxyl groups is 2. The van der Waals surface area contributed by atoms with Crippen molar-refractivity contribution in [1.29, 1.82) is 0 Å². The molecule has 2 unspecified atom stereocenters. The summed E-state index contributed by atoms with van der Waals surface area (Å²) in [6, 6.07) is 0. The van der Waals surface area contributed by atoms with Gasteiger partial charge in [0, 0.05) is 11.5 Å². The third-order valence-corrected chi connectivity index (χ3v) is 4.57. The first-order chi connectivity index (χ1) is 6.52. The summed E-state index contributed by atoms with van der Waals surface area (Å²) in [4.78, 5) is 0. The van der Waals surface area contributed by atoms with Crippen molar-refractivity contribution in [2.45, 2.75) is 33.0 Å². The summed E-state index contributed by atoms with van der Waals surface area (Å²) in [5.41, 5.74) is 0. The molecule has 0 rings (SSSR count). The average Bonchev–Trinajstić information content (AvgIpc) is 2.02. The van der Waals surface area contributed by atoms with Gasteiger partial charge in [0.15, 0.2) is 0 Å². The largest absolute Gasteiger partial charge is 0.393 e. The highest BCUT2D eigenvalue weighted by Crippen LogP contribution is 2.15. The molecule has 2 N–H and O–H groups in total. The van der Waals surface area contributed by atoms with Gasteiger partial charge in [0.1, 0.15) is 0 Å². The first kappa shape index (κ1) is 14.6. The molecule has 0 fully saturated rings. The maximum absolute atomic E-state index is 9.06. The van der Waals surface area contributed by atoms with Crippen molar-refractivity contribution in [3.8, 4) is 0 Å². The van der Waals surface area contributed by atoms with Crippen LogP contribution in [-0.2, 0) is 0 Å². The number of rotatable bonds is 8. The van der Waals surface area contributed by atoms with Gasteiger partial charge in [-0.3, -0.25) is 0 Å². The van der Waals surface area contributed by atoms with Gasteiger partial charge in [-0.1, -0.05) is 6.92 Å². The Morgan fingerprint density at radius 3 is 1.43 bits per heavy atom. The first-order valence-corrected chi connectivity index (χ1v) is 7.35. The maximum atomic E-state index is 9.06. The predicted octanol–water partition coefficient (Wildman–Crippen LogP) is 1.85. The number of hydrogen-bond donors (Lipinski definition) is 2. The summed E-state index contributed by atoms with van der Waals surface area (Å²) in [5.74, 6) is 4.49. The van der Waals surface area contributed by atoms with Crippen LogP contribution in [0.2, 0.25) is 0 Å². The van der Waals surface area contributed by atoms with Crippen molar-refractivity contribution in [3.63, 3.8) is 0 Å². The first-order valence-electron chi connectivity index (χ1n) is 5.04. The van der Waals surface area contributed by atoms with E-state index in [1.165, 1.54) is 0 Å². The van der Waals surface area contributed by atoms with Crippen LogP contribution in [0.15, 0.2) is 0 Å². The lowest BCUT2D eigenvalue weighted by Crippen LogP contribution is -2.10. The van der Waals surface area contributed by atoms with Crippen LogP contribution < -0.4 is 0 Å². The summed E-state index contributed by atoms with van der Waals surface area (Å²) >= 11 is 3.60. The highest BCUT2D eigenvalue weighted by atomic mass is 32.2. The number of aliphatic hydroxyl groups excluding tert-OH is 2. The molecule has 0 spiro atoms. The van der Waals surface area contributed by atoms with Crippen LogP contribution >= 0.6 is 23.5 Å². The van der Waals surface area contributed by atoms with Crippen molar-refractivity contribution in [3.05, 3.63) is 0 Å². The predicted molar refractivity (Wildman–Crippen MR) is 67.2 cm³/mol. The van der Waals surface area contributed by atoms with E-state index in [1.54, 1.807) is 23.5 Å². The van der Waals surface area contributed by atoms with Crippen LogP contribution in [0.3, 0.4) is 0 Å². The summed E-state index contributed by atoms with van der Waals surface area (Å²) in [7, 11) is 0. The SMILES string of the molecule is CC(O)CSCC(C)CSCC(C)O. The van der Waals surface area contributed by atoms with Crippen LogP contribution in [0, 0.1) is 5.92 Å². The molecule has 2 nitrogen and oxygen atoms in total. The van der Waals surface area contributed by atoms with Crippen molar-refractivity contribution in [2.24, 2.45) is 5.92 Å². The average molecular weight is 238 g/mol. The van der Waals surface area contributed by atoms with Crippen LogP contribution in [0.4, 0.5) is 0 Å². The minimum absolute atomic E-state index is 0.197. The van der Waals surface area contributed by atoms with E-state index < -0.39 is 0 Å². The quantitative estimate of drug-likeness (QED) is 0.677. The molecule has 0 aromatic rings. The zero-order valence-corrected chi connectivity index (χ0v) is 10.9. The van der Waals surface area contributed by atoms with Gasteiger partial charge in [0.2, 0.25) is 0 Å². The second-order valence-corrected chi connectivity index (χ2v) is 6.03. The molecule has 0 bridgehead atoms. The summed E-state index contributed by atoms with van der Waals surface area (Å²) in [6.07, 6.45) is -0.394.